The van der Waals surface area contributed by atoms with Crippen LogP contribution in [0.25, 0.3) is 0 Å². The van der Waals surface area contributed by atoms with E-state index in [2.05, 4.69) is 0 Å². The summed E-state index contributed by atoms with van der Waals surface area (Å²) >= 11 is 0.976. The van der Waals surface area contributed by atoms with Crippen molar-refractivity contribution in [2.24, 2.45) is 0 Å². The Kier molecular flexibility index (Phi) is 3.07. The van der Waals surface area contributed by atoms with Crippen LogP contribution in [0.5, 0.6) is 0 Å². The third-order valence-corrected chi connectivity index (χ3v) is 3.90. The Bertz CT molecular complexity index is 398. The Balaban J connectivity index is 2.07. The van der Waals surface area contributed by atoms with Crippen LogP contribution in [0.4, 0.5) is 0 Å². The van der Waals surface area contributed by atoms with Crippen molar-refractivity contribution in [1.29, 1.82) is 0 Å². The van der Waals surface area contributed by atoms with E-state index < -0.39 is 9.87 Å². The predicted octanol–water partition coefficient (Wildman–Crippen LogP) is 1.90. The van der Waals surface area contributed by atoms with E-state index in [4.69, 9.17) is 0 Å². The summed E-state index contributed by atoms with van der Waals surface area (Å²) in [5.41, 5.74) is 0. The minimum atomic E-state index is -1.24. The van der Waals surface area contributed by atoms with Crippen LogP contribution in [0.15, 0.2) is 48.0 Å². The molecular formula is C12H14O4S. The molecule has 17 heavy (non-hydrogen) atoms. The first-order chi connectivity index (χ1) is 7.91. The molecule has 0 fully saturated rings. The minimum Gasteiger partial charge on any atom is -0.508 e. The second kappa shape index (κ2) is 4.25. The molecule has 5 heteroatoms. The Morgan fingerprint density at radius 1 is 0.882 bits per heavy atom. The van der Waals surface area contributed by atoms with Crippen LogP contribution in [0.1, 0.15) is 12.8 Å². The Morgan fingerprint density at radius 3 is 1.59 bits per heavy atom. The molecule has 0 saturated heterocycles. The van der Waals surface area contributed by atoms with E-state index in [1.165, 1.54) is 36.5 Å². The largest absolute Gasteiger partial charge is 0.508 e. The van der Waals surface area contributed by atoms with Gasteiger partial charge in [0.1, 0.15) is 21.4 Å². The van der Waals surface area contributed by atoms with E-state index in [1.807, 2.05) is 0 Å². The first-order valence-corrected chi connectivity index (χ1v) is 6.04. The first kappa shape index (κ1) is 12.3. The maximum atomic E-state index is 10.2. The van der Waals surface area contributed by atoms with Crippen molar-refractivity contribution in [1.82, 2.24) is 0 Å². The second-order valence-corrected chi connectivity index (χ2v) is 5.74. The smallest absolute Gasteiger partial charge is 0.136 e. The monoisotopic (exact) mass is 254 g/mol. The molecule has 0 amide bonds. The van der Waals surface area contributed by atoms with E-state index in [0.29, 0.717) is 0 Å². The lowest BCUT2D eigenvalue weighted by Gasteiger charge is -2.34. The lowest BCUT2D eigenvalue weighted by molar-refractivity contribution is 0.154. The van der Waals surface area contributed by atoms with Crippen molar-refractivity contribution >= 4 is 11.8 Å². The van der Waals surface area contributed by atoms with E-state index in [-0.39, 0.29) is 24.4 Å². The van der Waals surface area contributed by atoms with E-state index in [0.717, 1.165) is 11.8 Å². The summed E-state index contributed by atoms with van der Waals surface area (Å²) in [4.78, 5) is -2.49. The summed E-state index contributed by atoms with van der Waals surface area (Å²) < 4.78 is 0. The number of hydrogen-bond acceptors (Lipinski definition) is 5. The maximum absolute atomic E-state index is 10.2. The molecule has 2 rings (SSSR count). The molecular weight excluding hydrogens is 240 g/mol. The molecule has 2 aliphatic carbocycles. The average Bonchev–Trinajstić information content (AvgIpc) is 2.28. The quantitative estimate of drug-likeness (QED) is 0.566. The molecule has 0 aromatic heterocycles. The third kappa shape index (κ3) is 2.94. The maximum Gasteiger partial charge on any atom is 0.136 e. The van der Waals surface area contributed by atoms with Gasteiger partial charge in [0.2, 0.25) is 0 Å². The van der Waals surface area contributed by atoms with Gasteiger partial charge in [0.15, 0.2) is 0 Å². The van der Waals surface area contributed by atoms with Crippen molar-refractivity contribution in [3.63, 3.8) is 0 Å². The molecule has 0 bridgehead atoms. The topological polar surface area (TPSA) is 80.9 Å². The highest BCUT2D eigenvalue weighted by Gasteiger charge is 2.37. The van der Waals surface area contributed by atoms with Crippen LogP contribution >= 0.6 is 11.8 Å². The van der Waals surface area contributed by atoms with Crippen molar-refractivity contribution in [2.75, 3.05) is 0 Å². The highest BCUT2D eigenvalue weighted by Crippen LogP contribution is 2.43. The van der Waals surface area contributed by atoms with Gasteiger partial charge in [-0.1, -0.05) is 11.8 Å². The number of aliphatic hydroxyl groups is 4. The van der Waals surface area contributed by atoms with Crippen LogP contribution in [-0.4, -0.2) is 30.3 Å². The summed E-state index contributed by atoms with van der Waals surface area (Å²) in [6.07, 6.45) is 9.16. The molecule has 0 spiro atoms. The molecule has 0 aliphatic heterocycles. The fraction of sp³-hybridized carbons (Fsp3) is 0.333. The van der Waals surface area contributed by atoms with Crippen LogP contribution in [0, 0.1) is 0 Å². The van der Waals surface area contributed by atoms with Crippen LogP contribution < -0.4 is 0 Å². The summed E-state index contributed by atoms with van der Waals surface area (Å²) in [7, 11) is 0. The highest BCUT2D eigenvalue weighted by atomic mass is 32.2. The van der Waals surface area contributed by atoms with Crippen molar-refractivity contribution in [3.05, 3.63) is 48.0 Å². The zero-order valence-electron chi connectivity index (χ0n) is 9.08. The van der Waals surface area contributed by atoms with Crippen molar-refractivity contribution in [2.45, 2.75) is 22.7 Å². The lowest BCUT2D eigenvalue weighted by Crippen LogP contribution is -2.33. The molecule has 0 heterocycles. The molecule has 2 atom stereocenters. The van der Waals surface area contributed by atoms with Gasteiger partial charge in [0.05, 0.1) is 0 Å². The van der Waals surface area contributed by atoms with Crippen LogP contribution in [0.2, 0.25) is 0 Å². The van der Waals surface area contributed by atoms with Gasteiger partial charge < -0.3 is 20.4 Å². The molecule has 0 aromatic rings. The van der Waals surface area contributed by atoms with Crippen molar-refractivity contribution < 1.29 is 20.4 Å². The highest BCUT2D eigenvalue weighted by molar-refractivity contribution is 8.01. The Labute approximate surface area is 103 Å². The summed E-state index contributed by atoms with van der Waals surface area (Å²) in [6, 6.07) is 0. The molecule has 4 N–H and O–H groups in total. The van der Waals surface area contributed by atoms with Gasteiger partial charge in [0, 0.05) is 12.8 Å². The van der Waals surface area contributed by atoms with Gasteiger partial charge in [-0.2, -0.15) is 0 Å². The number of hydrogen-bond donors (Lipinski definition) is 4. The van der Waals surface area contributed by atoms with E-state index in [9.17, 15) is 20.4 Å². The van der Waals surface area contributed by atoms with Gasteiger partial charge in [0.25, 0.3) is 0 Å². The summed E-state index contributed by atoms with van der Waals surface area (Å²) in [5, 5.41) is 38.8. The Morgan fingerprint density at radius 2 is 1.29 bits per heavy atom. The number of aliphatic hydroxyl groups excluding tert-OH is 2. The summed E-state index contributed by atoms with van der Waals surface area (Å²) in [6.45, 7) is 0. The fourth-order valence-electron chi connectivity index (χ4n) is 1.66. The first-order valence-electron chi connectivity index (χ1n) is 5.22. The molecule has 2 aliphatic rings. The number of rotatable bonds is 2. The summed E-state index contributed by atoms with van der Waals surface area (Å²) in [5.74, 6) is 0.220. The fourth-order valence-corrected chi connectivity index (χ4v) is 2.88. The number of thioether (sulfide) groups is 1. The zero-order valence-corrected chi connectivity index (χ0v) is 9.89. The molecule has 2 unspecified atom stereocenters. The van der Waals surface area contributed by atoms with Crippen LogP contribution in [0.3, 0.4) is 0 Å². The van der Waals surface area contributed by atoms with Gasteiger partial charge in [-0.25, -0.2) is 0 Å². The van der Waals surface area contributed by atoms with Crippen LogP contribution in [-0.2, 0) is 0 Å². The van der Waals surface area contributed by atoms with E-state index in [1.54, 1.807) is 0 Å². The van der Waals surface area contributed by atoms with Crippen molar-refractivity contribution in [3.8, 4) is 0 Å². The van der Waals surface area contributed by atoms with Gasteiger partial charge in [-0.15, -0.1) is 0 Å². The Hall–Kier alpha value is -1.17. The number of allylic oxidation sites excluding steroid dienone is 2. The molecule has 0 aromatic carbocycles. The standard InChI is InChI=1S/C12H14O4S/c13-9-1-5-11(15,6-2-9)17-12(16)7-3-10(14)4-8-12/h1-5,7,13-16H,6,8H2. The lowest BCUT2D eigenvalue weighted by atomic mass is 10.1. The van der Waals surface area contributed by atoms with Gasteiger partial charge in [-0.05, 0) is 36.5 Å². The van der Waals surface area contributed by atoms with Gasteiger partial charge in [-0.3, -0.25) is 0 Å². The molecule has 92 valence electrons. The zero-order chi connectivity index (χ0) is 12.5. The molecule has 0 saturated carbocycles. The second-order valence-electron chi connectivity index (χ2n) is 4.12. The van der Waals surface area contributed by atoms with Gasteiger partial charge >= 0.3 is 0 Å². The SMILES string of the molecule is OC1=CCC(O)(SC2(O)C=CC(O)=CC2)C=C1. The third-order valence-electron chi connectivity index (χ3n) is 2.59. The van der Waals surface area contributed by atoms with E-state index >= 15 is 0 Å². The molecule has 0 radical (unpaired) electrons. The average molecular weight is 254 g/mol. The normalized spacial score (nSPS) is 36.6. The predicted molar refractivity (Wildman–Crippen MR) is 66.4 cm³/mol. The molecule has 4 nitrogen and oxygen atoms in total. The minimum absolute atomic E-state index is 0.110.